The van der Waals surface area contributed by atoms with Crippen molar-refractivity contribution in [3.63, 3.8) is 0 Å². The van der Waals surface area contributed by atoms with Gasteiger partial charge in [-0.15, -0.1) is 0 Å². The maximum atomic E-state index is 6.00. The van der Waals surface area contributed by atoms with E-state index in [1.807, 2.05) is 0 Å². The summed E-state index contributed by atoms with van der Waals surface area (Å²) in [7, 11) is 0. The van der Waals surface area contributed by atoms with E-state index in [0.29, 0.717) is 11.4 Å². The van der Waals surface area contributed by atoms with Crippen molar-refractivity contribution in [1.29, 1.82) is 0 Å². The Morgan fingerprint density at radius 3 is 1.12 bits per heavy atom. The molecule has 16 heavy (non-hydrogen) atoms. The van der Waals surface area contributed by atoms with E-state index in [-0.39, 0.29) is 0 Å². The average molecular weight is 212 g/mol. The lowest BCUT2D eigenvalue weighted by atomic mass is 9.93. The van der Waals surface area contributed by atoms with Crippen LogP contribution in [-0.4, -0.2) is 0 Å². The smallest absolute Gasteiger partial charge is 0.0488 e. The minimum Gasteiger partial charge on any atom is -0.398 e. The van der Waals surface area contributed by atoms with Crippen LogP contribution < -0.4 is 11.5 Å². The molecule has 0 radical (unpaired) electrons. The van der Waals surface area contributed by atoms with E-state index in [1.165, 1.54) is 0 Å². The van der Waals surface area contributed by atoms with Gasteiger partial charge in [-0.05, 0) is 5.56 Å². The summed E-state index contributed by atoms with van der Waals surface area (Å²) < 4.78 is 0. The van der Waals surface area contributed by atoms with Crippen molar-refractivity contribution in [3.05, 3.63) is 48.6 Å². The molecule has 0 aliphatic rings. The van der Waals surface area contributed by atoms with E-state index in [9.17, 15) is 0 Å². The second-order valence-corrected chi connectivity index (χ2v) is 3.30. The lowest BCUT2D eigenvalue weighted by Gasteiger charge is -2.16. The Labute approximate surface area is 96.3 Å². The molecular weight excluding hydrogens is 196 g/mol. The molecule has 1 rings (SSSR count). The van der Waals surface area contributed by atoms with Gasteiger partial charge in [-0.1, -0.05) is 50.6 Å². The van der Waals surface area contributed by atoms with Crippen molar-refractivity contribution >= 4 is 35.7 Å². The maximum absolute atomic E-state index is 6.00. The fourth-order valence-electron chi connectivity index (χ4n) is 1.75. The predicted octanol–water partition coefficient (Wildman–Crippen LogP) is 3.42. The third-order valence-electron chi connectivity index (χ3n) is 2.56. The van der Waals surface area contributed by atoms with Crippen molar-refractivity contribution in [2.75, 3.05) is 11.5 Å². The van der Waals surface area contributed by atoms with Crippen LogP contribution in [0, 0.1) is 0 Å². The Morgan fingerprint density at radius 1 is 0.562 bits per heavy atom. The normalized spacial score (nSPS) is 9.50. The Balaban J connectivity index is 3.88. The minimum atomic E-state index is 0.572. The second kappa shape index (κ2) is 4.53. The topological polar surface area (TPSA) is 52.0 Å². The lowest BCUT2D eigenvalue weighted by Crippen LogP contribution is -2.04. The number of anilines is 2. The molecule has 1 aromatic carbocycles. The fraction of sp³-hybridized carbons (Fsp3) is 0. The molecule has 0 fully saturated rings. The summed E-state index contributed by atoms with van der Waals surface area (Å²) in [6, 6.07) is 0. The van der Waals surface area contributed by atoms with Crippen LogP contribution in [0.2, 0.25) is 0 Å². The van der Waals surface area contributed by atoms with Crippen molar-refractivity contribution in [1.82, 2.24) is 0 Å². The molecule has 2 heteroatoms. The zero-order valence-corrected chi connectivity index (χ0v) is 9.29. The predicted molar refractivity (Wildman–Crippen MR) is 75.6 cm³/mol. The second-order valence-electron chi connectivity index (χ2n) is 3.30. The van der Waals surface area contributed by atoms with Crippen LogP contribution in [0.15, 0.2) is 26.3 Å². The van der Waals surface area contributed by atoms with E-state index < -0.39 is 0 Å². The van der Waals surface area contributed by atoms with E-state index in [4.69, 9.17) is 11.5 Å². The van der Waals surface area contributed by atoms with Crippen molar-refractivity contribution in [3.8, 4) is 0 Å². The van der Waals surface area contributed by atoms with Gasteiger partial charge in [-0.3, -0.25) is 0 Å². The van der Waals surface area contributed by atoms with Gasteiger partial charge < -0.3 is 11.5 Å². The summed E-state index contributed by atoms with van der Waals surface area (Å²) >= 11 is 0. The summed E-state index contributed by atoms with van der Waals surface area (Å²) in [4.78, 5) is 0. The average Bonchev–Trinajstić information content (AvgIpc) is 2.29. The number of benzene rings is 1. The van der Waals surface area contributed by atoms with Gasteiger partial charge in [-0.2, -0.15) is 0 Å². The Kier molecular flexibility index (Phi) is 3.36. The molecule has 0 saturated carbocycles. The van der Waals surface area contributed by atoms with Crippen LogP contribution >= 0.6 is 0 Å². The first-order chi connectivity index (χ1) is 7.62. The lowest BCUT2D eigenvalue weighted by molar-refractivity contribution is 1.54. The van der Waals surface area contributed by atoms with E-state index in [2.05, 4.69) is 26.3 Å². The van der Waals surface area contributed by atoms with E-state index in [0.717, 1.165) is 22.3 Å². The highest BCUT2D eigenvalue weighted by molar-refractivity contribution is 5.92. The highest BCUT2D eigenvalue weighted by atomic mass is 14.6. The van der Waals surface area contributed by atoms with Gasteiger partial charge in [0.05, 0.1) is 0 Å². The molecule has 1 aromatic rings. The first kappa shape index (κ1) is 11.9. The van der Waals surface area contributed by atoms with Gasteiger partial charge in [0.1, 0.15) is 0 Å². The van der Waals surface area contributed by atoms with Crippen LogP contribution in [0.3, 0.4) is 0 Å². The highest BCUT2D eigenvalue weighted by Gasteiger charge is 2.13. The molecule has 4 N–H and O–H groups in total. The number of nitrogen functional groups attached to an aromatic ring is 2. The van der Waals surface area contributed by atoms with Crippen molar-refractivity contribution in [2.45, 2.75) is 0 Å². The van der Waals surface area contributed by atoms with Gasteiger partial charge in [0, 0.05) is 28.1 Å². The summed E-state index contributed by atoms with van der Waals surface area (Å²) in [6.07, 6.45) is 6.71. The van der Waals surface area contributed by atoms with Crippen molar-refractivity contribution < 1.29 is 0 Å². The molecule has 0 heterocycles. The van der Waals surface area contributed by atoms with Crippen molar-refractivity contribution in [2.24, 2.45) is 0 Å². The molecule has 0 bridgehead atoms. The van der Waals surface area contributed by atoms with Gasteiger partial charge >= 0.3 is 0 Å². The zero-order chi connectivity index (χ0) is 12.3. The molecule has 82 valence electrons. The zero-order valence-electron chi connectivity index (χ0n) is 9.29. The van der Waals surface area contributed by atoms with Crippen LogP contribution in [0.25, 0.3) is 24.3 Å². The molecule has 0 amide bonds. The first-order valence-corrected chi connectivity index (χ1v) is 4.87. The molecule has 0 spiro atoms. The maximum Gasteiger partial charge on any atom is 0.0488 e. The molecule has 2 nitrogen and oxygen atoms in total. The molecule has 0 atom stereocenters. The Hall–Kier alpha value is -2.22. The Bertz CT molecular complexity index is 447. The summed E-state index contributed by atoms with van der Waals surface area (Å²) in [5, 5.41) is 0. The fourth-order valence-corrected chi connectivity index (χ4v) is 1.75. The number of rotatable bonds is 4. The van der Waals surface area contributed by atoms with Crippen LogP contribution in [-0.2, 0) is 0 Å². The molecule has 0 saturated heterocycles. The van der Waals surface area contributed by atoms with E-state index in [1.54, 1.807) is 24.3 Å². The van der Waals surface area contributed by atoms with Gasteiger partial charge in [-0.25, -0.2) is 0 Å². The molecule has 0 aliphatic heterocycles. The van der Waals surface area contributed by atoms with Crippen LogP contribution in [0.1, 0.15) is 22.3 Å². The largest absolute Gasteiger partial charge is 0.398 e. The van der Waals surface area contributed by atoms with Gasteiger partial charge in [0.25, 0.3) is 0 Å². The third-order valence-corrected chi connectivity index (χ3v) is 2.56. The Morgan fingerprint density at radius 2 is 0.875 bits per heavy atom. The summed E-state index contributed by atoms with van der Waals surface area (Å²) in [5.41, 5.74) is 16.3. The number of nitrogens with two attached hydrogens (primary N) is 2. The molecule has 0 aliphatic carbocycles. The SMILES string of the molecule is C=Cc1c(N)c(C=C)c(C=C)c(C=C)c1N. The minimum absolute atomic E-state index is 0.572. The molecular formula is C14H16N2. The number of hydrogen-bond donors (Lipinski definition) is 2. The molecule has 0 unspecified atom stereocenters. The van der Waals surface area contributed by atoms with Gasteiger partial charge in [0.2, 0.25) is 0 Å². The van der Waals surface area contributed by atoms with Crippen LogP contribution in [0.5, 0.6) is 0 Å². The van der Waals surface area contributed by atoms with E-state index >= 15 is 0 Å². The standard InChI is InChI=1S/C14H16N2/c1-5-9-10(6-2)13(15)12(8-4)14(16)11(9)7-3/h5-8H,1-4,15-16H2. The summed E-state index contributed by atoms with van der Waals surface area (Å²) in [6.45, 7) is 14.9. The van der Waals surface area contributed by atoms with Crippen LogP contribution in [0.4, 0.5) is 11.4 Å². The number of hydrogen-bond acceptors (Lipinski definition) is 2. The monoisotopic (exact) mass is 212 g/mol. The molecule has 0 aromatic heterocycles. The highest BCUT2D eigenvalue weighted by Crippen LogP contribution is 2.35. The summed E-state index contributed by atoms with van der Waals surface area (Å²) in [5.74, 6) is 0. The quantitative estimate of drug-likeness (QED) is 0.751. The van der Waals surface area contributed by atoms with Gasteiger partial charge in [0.15, 0.2) is 0 Å². The first-order valence-electron chi connectivity index (χ1n) is 4.87. The third kappa shape index (κ3) is 1.54.